The maximum atomic E-state index is 12.5. The summed E-state index contributed by atoms with van der Waals surface area (Å²) in [5.74, 6) is 0.507. The number of likely N-dealkylation sites (tertiary alicyclic amines) is 2. The van der Waals surface area contributed by atoms with Crippen LogP contribution in [0.5, 0.6) is 0 Å². The van der Waals surface area contributed by atoms with Crippen molar-refractivity contribution in [1.29, 1.82) is 0 Å². The van der Waals surface area contributed by atoms with Gasteiger partial charge in [0.2, 0.25) is 0 Å². The number of carbonyl (C=O) groups excluding carboxylic acids is 1. The molecule has 2 aliphatic heterocycles. The Morgan fingerprint density at radius 3 is 2.48 bits per heavy atom. The maximum absolute atomic E-state index is 12.5. The van der Waals surface area contributed by atoms with Crippen LogP contribution >= 0.6 is 0 Å². The third kappa shape index (κ3) is 2.65. The summed E-state index contributed by atoms with van der Waals surface area (Å²) < 4.78 is 5.28. The largest absolute Gasteiger partial charge is 0.459 e. The van der Waals surface area contributed by atoms with Crippen LogP contribution in [0.1, 0.15) is 35.4 Å². The fraction of sp³-hybridized carbons (Fsp3) is 0.444. The molecule has 1 amide bonds. The van der Waals surface area contributed by atoms with Crippen molar-refractivity contribution in [2.45, 2.75) is 31.3 Å². The van der Waals surface area contributed by atoms with Crippen molar-refractivity contribution in [3.05, 3.63) is 54.2 Å². The molecule has 0 unspecified atom stereocenters. The van der Waals surface area contributed by atoms with Gasteiger partial charge < -0.3 is 9.32 Å². The van der Waals surface area contributed by atoms with Gasteiger partial charge in [-0.25, -0.2) is 0 Å². The molecule has 1 spiro atoms. The van der Waals surface area contributed by atoms with Gasteiger partial charge in [0.05, 0.1) is 6.26 Å². The zero-order valence-corrected chi connectivity index (χ0v) is 13.1. The monoisotopic (exact) mass is 311 g/mol. The number of amides is 1. The van der Waals surface area contributed by atoms with E-state index in [1.165, 1.54) is 5.56 Å². The van der Waals surface area contributed by atoms with Gasteiger partial charge in [-0.15, -0.1) is 0 Å². The maximum Gasteiger partial charge on any atom is 0.290 e. The predicted octanol–water partition coefficient (Wildman–Crippen LogP) is 2.56. The molecule has 0 saturated carbocycles. The van der Waals surface area contributed by atoms with Crippen molar-refractivity contribution in [2.24, 2.45) is 0 Å². The average Bonchev–Trinajstić information content (AvgIpc) is 3.10. The molecule has 0 aromatic carbocycles. The Hall–Kier alpha value is -2.14. The van der Waals surface area contributed by atoms with Crippen LogP contribution in [-0.4, -0.2) is 45.9 Å². The van der Waals surface area contributed by atoms with Gasteiger partial charge in [0.1, 0.15) is 0 Å². The van der Waals surface area contributed by atoms with E-state index >= 15 is 0 Å². The number of hydrogen-bond acceptors (Lipinski definition) is 4. The molecule has 23 heavy (non-hydrogen) atoms. The first kappa shape index (κ1) is 14.5. The van der Waals surface area contributed by atoms with Crippen LogP contribution in [0, 0.1) is 0 Å². The molecule has 2 aromatic rings. The number of furan rings is 1. The Bertz CT molecular complexity index is 661. The molecule has 0 atom stereocenters. The Kier molecular flexibility index (Phi) is 3.65. The molecule has 120 valence electrons. The van der Waals surface area contributed by atoms with Gasteiger partial charge in [-0.3, -0.25) is 14.7 Å². The SMILES string of the molecule is O=C(c1ccco1)N1CCC12CCN(Cc1ccncc1)CC2. The van der Waals surface area contributed by atoms with E-state index in [1.54, 1.807) is 18.4 Å². The quantitative estimate of drug-likeness (QED) is 0.874. The van der Waals surface area contributed by atoms with E-state index < -0.39 is 0 Å². The van der Waals surface area contributed by atoms with Crippen molar-refractivity contribution in [2.75, 3.05) is 19.6 Å². The van der Waals surface area contributed by atoms with E-state index in [1.807, 2.05) is 17.3 Å². The zero-order valence-electron chi connectivity index (χ0n) is 13.1. The lowest BCUT2D eigenvalue weighted by atomic mass is 9.76. The van der Waals surface area contributed by atoms with E-state index in [9.17, 15) is 4.79 Å². The van der Waals surface area contributed by atoms with Gasteiger partial charge in [-0.2, -0.15) is 0 Å². The minimum absolute atomic E-state index is 0.0452. The average molecular weight is 311 g/mol. The Labute approximate surface area is 135 Å². The van der Waals surface area contributed by atoms with E-state index in [2.05, 4.69) is 22.0 Å². The molecule has 2 fully saturated rings. The molecule has 0 bridgehead atoms. The van der Waals surface area contributed by atoms with Crippen LogP contribution in [0.15, 0.2) is 47.3 Å². The van der Waals surface area contributed by atoms with Gasteiger partial charge in [-0.1, -0.05) is 0 Å². The standard InChI is InChI=1S/C18H21N3O2/c22-17(16-2-1-13-23-16)21-12-7-18(21)5-10-20(11-6-18)14-15-3-8-19-9-4-15/h1-4,8-9,13H,5-7,10-12,14H2. The van der Waals surface area contributed by atoms with Crippen LogP contribution in [-0.2, 0) is 6.54 Å². The third-order valence-corrected chi connectivity index (χ3v) is 5.29. The second-order valence-electron chi connectivity index (χ2n) is 6.54. The lowest BCUT2D eigenvalue weighted by Crippen LogP contribution is -2.65. The number of rotatable bonds is 3. The fourth-order valence-electron chi connectivity index (χ4n) is 3.78. The second-order valence-corrected chi connectivity index (χ2v) is 6.54. The summed E-state index contributed by atoms with van der Waals surface area (Å²) in [6.45, 7) is 3.88. The van der Waals surface area contributed by atoms with Gasteiger partial charge in [-0.05, 0) is 49.1 Å². The Balaban J connectivity index is 1.38. The highest BCUT2D eigenvalue weighted by Crippen LogP contribution is 2.41. The highest BCUT2D eigenvalue weighted by Gasteiger charge is 2.49. The number of hydrogen-bond donors (Lipinski definition) is 0. The molecule has 5 heteroatoms. The first-order chi connectivity index (χ1) is 11.3. The van der Waals surface area contributed by atoms with Gasteiger partial charge in [0.15, 0.2) is 5.76 Å². The number of aromatic nitrogens is 1. The molecule has 2 aliphatic rings. The van der Waals surface area contributed by atoms with Crippen molar-refractivity contribution in [3.63, 3.8) is 0 Å². The van der Waals surface area contributed by atoms with Crippen molar-refractivity contribution in [1.82, 2.24) is 14.8 Å². The minimum atomic E-state index is 0.0452. The van der Waals surface area contributed by atoms with Crippen molar-refractivity contribution < 1.29 is 9.21 Å². The summed E-state index contributed by atoms with van der Waals surface area (Å²) in [6, 6.07) is 7.67. The highest BCUT2D eigenvalue weighted by molar-refractivity contribution is 5.92. The highest BCUT2D eigenvalue weighted by atomic mass is 16.3. The molecule has 5 nitrogen and oxygen atoms in total. The number of nitrogens with zero attached hydrogens (tertiary/aromatic N) is 3. The van der Waals surface area contributed by atoms with Gasteiger partial charge in [0, 0.05) is 44.1 Å². The summed E-state index contributed by atoms with van der Waals surface area (Å²) >= 11 is 0. The summed E-state index contributed by atoms with van der Waals surface area (Å²) in [7, 11) is 0. The second kappa shape index (κ2) is 5.81. The van der Waals surface area contributed by atoms with Crippen LogP contribution in [0.3, 0.4) is 0 Å². The molecular weight excluding hydrogens is 290 g/mol. The summed E-state index contributed by atoms with van der Waals surface area (Å²) in [5.41, 5.74) is 1.35. The first-order valence-electron chi connectivity index (χ1n) is 8.24. The molecule has 4 heterocycles. The lowest BCUT2D eigenvalue weighted by Gasteiger charge is -2.56. The third-order valence-electron chi connectivity index (χ3n) is 5.29. The van der Waals surface area contributed by atoms with Crippen molar-refractivity contribution in [3.8, 4) is 0 Å². The van der Waals surface area contributed by atoms with Crippen LogP contribution in [0.4, 0.5) is 0 Å². The van der Waals surface area contributed by atoms with Gasteiger partial charge >= 0.3 is 0 Å². The number of piperidine rings is 1. The van der Waals surface area contributed by atoms with Gasteiger partial charge in [0.25, 0.3) is 5.91 Å². The molecule has 2 aromatic heterocycles. The van der Waals surface area contributed by atoms with Crippen LogP contribution in [0.2, 0.25) is 0 Å². The van der Waals surface area contributed by atoms with E-state index in [0.29, 0.717) is 5.76 Å². The smallest absolute Gasteiger partial charge is 0.290 e. The fourth-order valence-corrected chi connectivity index (χ4v) is 3.78. The predicted molar refractivity (Wildman–Crippen MR) is 85.8 cm³/mol. The zero-order chi connectivity index (χ0) is 15.7. The molecule has 4 rings (SSSR count). The normalized spacial score (nSPS) is 20.4. The van der Waals surface area contributed by atoms with E-state index in [0.717, 1.165) is 45.4 Å². The summed E-state index contributed by atoms with van der Waals surface area (Å²) in [6.07, 6.45) is 8.46. The molecule has 0 aliphatic carbocycles. The Morgan fingerprint density at radius 2 is 1.87 bits per heavy atom. The molecule has 2 saturated heterocycles. The molecule has 0 N–H and O–H groups in total. The topological polar surface area (TPSA) is 49.6 Å². The van der Waals surface area contributed by atoms with Crippen LogP contribution < -0.4 is 0 Å². The first-order valence-corrected chi connectivity index (χ1v) is 8.24. The number of pyridine rings is 1. The van der Waals surface area contributed by atoms with E-state index in [-0.39, 0.29) is 11.4 Å². The lowest BCUT2D eigenvalue weighted by molar-refractivity contribution is -0.0414. The minimum Gasteiger partial charge on any atom is -0.459 e. The Morgan fingerprint density at radius 1 is 1.13 bits per heavy atom. The molecular formula is C18H21N3O2. The summed E-state index contributed by atoms with van der Waals surface area (Å²) in [5, 5.41) is 0. The summed E-state index contributed by atoms with van der Waals surface area (Å²) in [4.78, 5) is 21.1. The molecule has 0 radical (unpaired) electrons. The van der Waals surface area contributed by atoms with Crippen molar-refractivity contribution >= 4 is 5.91 Å². The van der Waals surface area contributed by atoms with E-state index in [4.69, 9.17) is 4.42 Å². The van der Waals surface area contributed by atoms with Crippen LogP contribution in [0.25, 0.3) is 0 Å². The number of carbonyl (C=O) groups is 1.